The van der Waals surface area contributed by atoms with Gasteiger partial charge in [0.25, 0.3) is 0 Å². The van der Waals surface area contributed by atoms with E-state index in [0.717, 1.165) is 22.3 Å². The number of nitrogens with zero attached hydrogens (tertiary/aromatic N) is 1. The van der Waals surface area contributed by atoms with Crippen molar-refractivity contribution in [3.63, 3.8) is 0 Å². The molecule has 0 radical (unpaired) electrons. The van der Waals surface area contributed by atoms with Crippen LogP contribution in [-0.4, -0.2) is 18.4 Å². The standard InChI is InChI=1S/C18H20BrNO/c1-4-20(17-8-6-5-7-13(17)2)14(3)18(21)15-9-11-16(19)12-10-15/h5-12,14H,4H2,1-3H3. The number of halogens is 1. The summed E-state index contributed by atoms with van der Waals surface area (Å²) in [6.45, 7) is 6.93. The molecule has 0 heterocycles. The lowest BCUT2D eigenvalue weighted by atomic mass is 10.0. The summed E-state index contributed by atoms with van der Waals surface area (Å²) in [6.07, 6.45) is 0. The second-order valence-electron chi connectivity index (χ2n) is 5.12. The molecule has 0 aliphatic carbocycles. The molecule has 0 amide bonds. The normalized spacial score (nSPS) is 12.0. The van der Waals surface area contributed by atoms with Crippen molar-refractivity contribution in [2.24, 2.45) is 0 Å². The van der Waals surface area contributed by atoms with Gasteiger partial charge in [-0.3, -0.25) is 4.79 Å². The van der Waals surface area contributed by atoms with E-state index in [1.807, 2.05) is 43.3 Å². The lowest BCUT2D eigenvalue weighted by molar-refractivity contribution is 0.0964. The summed E-state index contributed by atoms with van der Waals surface area (Å²) in [5, 5.41) is 0. The number of hydrogen-bond acceptors (Lipinski definition) is 2. The molecule has 0 bridgehead atoms. The van der Waals surface area contributed by atoms with Gasteiger partial charge in [0.05, 0.1) is 6.04 Å². The average molecular weight is 346 g/mol. The lowest BCUT2D eigenvalue weighted by Gasteiger charge is -2.30. The first-order valence-electron chi connectivity index (χ1n) is 7.16. The zero-order chi connectivity index (χ0) is 15.4. The van der Waals surface area contributed by atoms with Gasteiger partial charge in [0, 0.05) is 22.3 Å². The Morgan fingerprint density at radius 3 is 2.33 bits per heavy atom. The Morgan fingerprint density at radius 1 is 1.14 bits per heavy atom. The fourth-order valence-corrected chi connectivity index (χ4v) is 2.80. The number of likely N-dealkylation sites (N-methyl/N-ethyl adjacent to an activating group) is 1. The van der Waals surface area contributed by atoms with Crippen LogP contribution in [0.2, 0.25) is 0 Å². The van der Waals surface area contributed by atoms with Crippen LogP contribution >= 0.6 is 15.9 Å². The predicted octanol–water partition coefficient (Wildman–Crippen LogP) is 4.86. The first-order chi connectivity index (χ1) is 10.0. The Labute approximate surface area is 134 Å². The Hall–Kier alpha value is -1.61. The van der Waals surface area contributed by atoms with Crippen molar-refractivity contribution < 1.29 is 4.79 Å². The summed E-state index contributed by atoms with van der Waals surface area (Å²) in [6, 6.07) is 15.6. The smallest absolute Gasteiger partial charge is 0.184 e. The molecule has 1 atom stereocenters. The van der Waals surface area contributed by atoms with E-state index in [2.05, 4.69) is 46.8 Å². The van der Waals surface area contributed by atoms with Gasteiger partial charge in [-0.05, 0) is 44.5 Å². The van der Waals surface area contributed by atoms with Crippen LogP contribution in [0, 0.1) is 6.92 Å². The molecule has 0 saturated heterocycles. The highest BCUT2D eigenvalue weighted by Gasteiger charge is 2.22. The number of aryl methyl sites for hydroxylation is 1. The molecule has 1 unspecified atom stereocenters. The third-order valence-corrected chi connectivity index (χ3v) is 4.27. The Morgan fingerprint density at radius 2 is 1.76 bits per heavy atom. The number of rotatable bonds is 5. The molecular weight excluding hydrogens is 326 g/mol. The molecule has 3 heteroatoms. The first-order valence-corrected chi connectivity index (χ1v) is 7.96. The van der Waals surface area contributed by atoms with Crippen LogP contribution in [0.3, 0.4) is 0 Å². The molecule has 0 spiro atoms. The van der Waals surface area contributed by atoms with Gasteiger partial charge in [0.15, 0.2) is 5.78 Å². The van der Waals surface area contributed by atoms with E-state index in [4.69, 9.17) is 0 Å². The van der Waals surface area contributed by atoms with Crippen molar-refractivity contribution in [2.75, 3.05) is 11.4 Å². The molecular formula is C18H20BrNO. The number of para-hydroxylation sites is 1. The zero-order valence-corrected chi connectivity index (χ0v) is 14.2. The van der Waals surface area contributed by atoms with Crippen LogP contribution in [-0.2, 0) is 0 Å². The molecule has 0 aromatic heterocycles. The molecule has 2 rings (SSSR count). The van der Waals surface area contributed by atoms with Gasteiger partial charge in [-0.25, -0.2) is 0 Å². The number of hydrogen-bond donors (Lipinski definition) is 0. The van der Waals surface area contributed by atoms with Crippen molar-refractivity contribution >= 4 is 27.4 Å². The summed E-state index contributed by atoms with van der Waals surface area (Å²) in [5.41, 5.74) is 3.06. The predicted molar refractivity (Wildman–Crippen MR) is 92.1 cm³/mol. The van der Waals surface area contributed by atoms with Gasteiger partial charge in [0.1, 0.15) is 0 Å². The zero-order valence-electron chi connectivity index (χ0n) is 12.6. The van der Waals surface area contributed by atoms with E-state index < -0.39 is 0 Å². The third-order valence-electron chi connectivity index (χ3n) is 3.74. The van der Waals surface area contributed by atoms with Gasteiger partial charge < -0.3 is 4.90 Å². The topological polar surface area (TPSA) is 20.3 Å². The number of Topliss-reactive ketones (excluding diaryl/α,β-unsaturated/α-hetero) is 1. The monoisotopic (exact) mass is 345 g/mol. The van der Waals surface area contributed by atoms with E-state index in [0.29, 0.717) is 0 Å². The molecule has 2 nitrogen and oxygen atoms in total. The number of carbonyl (C=O) groups is 1. The van der Waals surface area contributed by atoms with Crippen LogP contribution in [0.25, 0.3) is 0 Å². The summed E-state index contributed by atoms with van der Waals surface area (Å²) in [4.78, 5) is 14.8. The quantitative estimate of drug-likeness (QED) is 0.721. The molecule has 0 saturated carbocycles. The minimum atomic E-state index is -0.183. The van der Waals surface area contributed by atoms with E-state index in [-0.39, 0.29) is 11.8 Å². The number of carbonyl (C=O) groups excluding carboxylic acids is 1. The van der Waals surface area contributed by atoms with Gasteiger partial charge in [-0.15, -0.1) is 0 Å². The van der Waals surface area contributed by atoms with E-state index in [9.17, 15) is 4.79 Å². The van der Waals surface area contributed by atoms with E-state index in [1.54, 1.807) is 0 Å². The number of anilines is 1. The second kappa shape index (κ2) is 6.90. The number of ketones is 1. The summed E-state index contributed by atoms with van der Waals surface area (Å²) < 4.78 is 0.984. The van der Waals surface area contributed by atoms with Crippen LogP contribution < -0.4 is 4.90 Å². The van der Waals surface area contributed by atoms with Crippen molar-refractivity contribution in [1.29, 1.82) is 0 Å². The van der Waals surface area contributed by atoms with Crippen molar-refractivity contribution in [2.45, 2.75) is 26.8 Å². The maximum atomic E-state index is 12.7. The molecule has 2 aromatic carbocycles. The molecule has 21 heavy (non-hydrogen) atoms. The van der Waals surface area contributed by atoms with E-state index in [1.165, 1.54) is 5.56 Å². The van der Waals surface area contributed by atoms with Crippen molar-refractivity contribution in [3.05, 3.63) is 64.1 Å². The second-order valence-corrected chi connectivity index (χ2v) is 6.04. The third kappa shape index (κ3) is 3.53. The lowest BCUT2D eigenvalue weighted by Crippen LogP contribution is -2.39. The maximum Gasteiger partial charge on any atom is 0.184 e. The van der Waals surface area contributed by atoms with Crippen molar-refractivity contribution in [3.8, 4) is 0 Å². The van der Waals surface area contributed by atoms with Gasteiger partial charge >= 0.3 is 0 Å². The Kier molecular flexibility index (Phi) is 5.18. The largest absolute Gasteiger partial charge is 0.361 e. The molecule has 0 aliphatic rings. The minimum absolute atomic E-state index is 0.146. The highest BCUT2D eigenvalue weighted by molar-refractivity contribution is 9.10. The summed E-state index contributed by atoms with van der Waals surface area (Å²) >= 11 is 3.40. The average Bonchev–Trinajstić information content (AvgIpc) is 2.50. The molecule has 2 aromatic rings. The molecule has 0 fully saturated rings. The van der Waals surface area contributed by atoms with Crippen LogP contribution in [0.5, 0.6) is 0 Å². The Balaban J connectivity index is 2.28. The molecule has 0 N–H and O–H groups in total. The first kappa shape index (κ1) is 15.8. The maximum absolute atomic E-state index is 12.7. The number of benzene rings is 2. The molecule has 0 aliphatic heterocycles. The van der Waals surface area contributed by atoms with Crippen LogP contribution in [0.15, 0.2) is 53.0 Å². The fourth-order valence-electron chi connectivity index (χ4n) is 2.54. The van der Waals surface area contributed by atoms with Crippen LogP contribution in [0.1, 0.15) is 29.8 Å². The van der Waals surface area contributed by atoms with Gasteiger partial charge in [-0.2, -0.15) is 0 Å². The van der Waals surface area contributed by atoms with Gasteiger partial charge in [-0.1, -0.05) is 46.3 Å². The SMILES string of the molecule is CCN(c1ccccc1C)C(C)C(=O)c1ccc(Br)cc1. The highest BCUT2D eigenvalue weighted by Crippen LogP contribution is 2.23. The van der Waals surface area contributed by atoms with Gasteiger partial charge in [0.2, 0.25) is 0 Å². The Bertz CT molecular complexity index is 621. The van der Waals surface area contributed by atoms with E-state index >= 15 is 0 Å². The van der Waals surface area contributed by atoms with Crippen LogP contribution in [0.4, 0.5) is 5.69 Å². The minimum Gasteiger partial charge on any atom is -0.361 e. The summed E-state index contributed by atoms with van der Waals surface area (Å²) in [5.74, 6) is 0.146. The highest BCUT2D eigenvalue weighted by atomic mass is 79.9. The van der Waals surface area contributed by atoms with Crippen molar-refractivity contribution in [1.82, 2.24) is 0 Å². The fraction of sp³-hybridized carbons (Fsp3) is 0.278. The summed E-state index contributed by atoms with van der Waals surface area (Å²) in [7, 11) is 0. The molecule has 110 valence electrons.